The molecule has 1 fully saturated rings. The Kier molecular flexibility index (Phi) is 3.34. The molecule has 3 nitrogen and oxygen atoms in total. The van der Waals surface area contributed by atoms with Crippen LogP contribution in [0.5, 0.6) is 0 Å². The molecular weight excluding hydrogens is 230 g/mol. The molecule has 1 aromatic heterocycles. The molecule has 4 heteroatoms. The van der Waals surface area contributed by atoms with E-state index in [2.05, 4.69) is 12.2 Å². The summed E-state index contributed by atoms with van der Waals surface area (Å²) in [5, 5.41) is 3.94. The maximum atomic E-state index is 4.80. The van der Waals surface area contributed by atoms with Crippen LogP contribution in [0.1, 0.15) is 47.3 Å². The van der Waals surface area contributed by atoms with Crippen molar-refractivity contribution < 1.29 is 0 Å². The number of fused-ring (bicyclic) bond motifs is 1. The molecule has 2 aliphatic rings. The van der Waals surface area contributed by atoms with Gasteiger partial charge in [-0.05, 0) is 44.0 Å². The van der Waals surface area contributed by atoms with Crippen LogP contribution in [0, 0.1) is 6.92 Å². The van der Waals surface area contributed by atoms with Crippen molar-refractivity contribution in [1.82, 2.24) is 15.3 Å². The minimum atomic E-state index is 0.537. The molecule has 0 aliphatic carbocycles. The van der Waals surface area contributed by atoms with E-state index < -0.39 is 0 Å². The lowest BCUT2D eigenvalue weighted by Crippen LogP contribution is -2.27. The summed E-state index contributed by atoms with van der Waals surface area (Å²) < 4.78 is 0. The summed E-state index contributed by atoms with van der Waals surface area (Å²) in [6.07, 6.45) is 5.01. The Hall–Kier alpha value is -0.610. The molecule has 0 saturated carbocycles. The summed E-state index contributed by atoms with van der Waals surface area (Å²) in [7, 11) is 0. The summed E-state index contributed by atoms with van der Waals surface area (Å²) in [5.74, 6) is 2.34. The molecule has 92 valence electrons. The van der Waals surface area contributed by atoms with E-state index >= 15 is 0 Å². The van der Waals surface area contributed by atoms with Crippen LogP contribution in [-0.2, 0) is 13.0 Å². The summed E-state index contributed by atoms with van der Waals surface area (Å²) in [6.45, 7) is 4.13. The number of nitrogens with zero attached hydrogens (tertiary/aromatic N) is 2. The van der Waals surface area contributed by atoms with Crippen molar-refractivity contribution in [1.29, 1.82) is 0 Å². The first-order valence-electron chi connectivity index (χ1n) is 6.53. The topological polar surface area (TPSA) is 37.8 Å². The van der Waals surface area contributed by atoms with Gasteiger partial charge in [0.1, 0.15) is 5.82 Å². The van der Waals surface area contributed by atoms with Crippen LogP contribution in [0.3, 0.4) is 0 Å². The average Bonchev–Trinajstić information content (AvgIpc) is 2.40. The van der Waals surface area contributed by atoms with E-state index in [0.717, 1.165) is 25.3 Å². The highest BCUT2D eigenvalue weighted by molar-refractivity contribution is 7.99. The number of aromatic nitrogens is 2. The largest absolute Gasteiger partial charge is 0.311 e. The molecule has 1 atom stereocenters. The standard InChI is InChI=1S/C13H19N3S/c1-9-10-5-6-14-8-11(10)16-13(15-9)12-4-2-3-7-17-12/h12,14H,2-8H2,1H3. The summed E-state index contributed by atoms with van der Waals surface area (Å²) in [6, 6.07) is 0. The summed E-state index contributed by atoms with van der Waals surface area (Å²) in [5.41, 5.74) is 3.83. The smallest absolute Gasteiger partial charge is 0.141 e. The first-order chi connectivity index (χ1) is 8.34. The van der Waals surface area contributed by atoms with E-state index in [4.69, 9.17) is 9.97 Å². The molecule has 1 N–H and O–H groups in total. The van der Waals surface area contributed by atoms with Gasteiger partial charge >= 0.3 is 0 Å². The minimum absolute atomic E-state index is 0.537. The van der Waals surface area contributed by atoms with Gasteiger partial charge in [-0.3, -0.25) is 0 Å². The monoisotopic (exact) mass is 249 g/mol. The molecule has 0 bridgehead atoms. The molecule has 3 rings (SSSR count). The van der Waals surface area contributed by atoms with Gasteiger partial charge in [-0.2, -0.15) is 11.8 Å². The fourth-order valence-corrected chi connectivity index (χ4v) is 3.90. The van der Waals surface area contributed by atoms with Gasteiger partial charge in [-0.25, -0.2) is 9.97 Å². The van der Waals surface area contributed by atoms with Crippen LogP contribution in [0.25, 0.3) is 0 Å². The number of aryl methyl sites for hydroxylation is 1. The van der Waals surface area contributed by atoms with Crippen molar-refractivity contribution in [3.63, 3.8) is 0 Å². The van der Waals surface area contributed by atoms with E-state index in [9.17, 15) is 0 Å². The normalized spacial score (nSPS) is 24.4. The second kappa shape index (κ2) is 4.94. The fourth-order valence-electron chi connectivity index (χ4n) is 2.66. The van der Waals surface area contributed by atoms with Crippen molar-refractivity contribution in [2.24, 2.45) is 0 Å². The first kappa shape index (κ1) is 11.5. The van der Waals surface area contributed by atoms with E-state index in [1.807, 2.05) is 11.8 Å². The molecule has 0 amide bonds. The van der Waals surface area contributed by atoms with Crippen LogP contribution in [0.4, 0.5) is 0 Å². The van der Waals surface area contributed by atoms with Crippen molar-refractivity contribution in [3.05, 3.63) is 22.8 Å². The Morgan fingerprint density at radius 3 is 3.06 bits per heavy atom. The van der Waals surface area contributed by atoms with Crippen molar-refractivity contribution in [3.8, 4) is 0 Å². The maximum absolute atomic E-state index is 4.80. The molecule has 1 aromatic rings. The average molecular weight is 249 g/mol. The molecule has 0 aromatic carbocycles. The lowest BCUT2D eigenvalue weighted by atomic mass is 10.0. The molecule has 17 heavy (non-hydrogen) atoms. The highest BCUT2D eigenvalue weighted by Crippen LogP contribution is 2.37. The van der Waals surface area contributed by atoms with Gasteiger partial charge < -0.3 is 5.32 Å². The van der Waals surface area contributed by atoms with Crippen LogP contribution in [0.2, 0.25) is 0 Å². The predicted molar refractivity (Wildman–Crippen MR) is 71.2 cm³/mol. The van der Waals surface area contributed by atoms with Gasteiger partial charge in [0.05, 0.1) is 10.9 Å². The zero-order valence-electron chi connectivity index (χ0n) is 10.3. The van der Waals surface area contributed by atoms with Crippen LogP contribution in [-0.4, -0.2) is 22.3 Å². The lowest BCUT2D eigenvalue weighted by molar-refractivity contribution is 0.599. The third-order valence-electron chi connectivity index (χ3n) is 3.63. The molecule has 1 saturated heterocycles. The Labute approximate surface area is 107 Å². The molecule has 1 unspecified atom stereocenters. The van der Waals surface area contributed by atoms with Gasteiger partial charge in [0, 0.05) is 12.2 Å². The van der Waals surface area contributed by atoms with Crippen molar-refractivity contribution in [2.45, 2.75) is 44.4 Å². The second-order valence-electron chi connectivity index (χ2n) is 4.87. The van der Waals surface area contributed by atoms with E-state index in [0.29, 0.717) is 5.25 Å². The third-order valence-corrected chi connectivity index (χ3v) is 5.00. The predicted octanol–water partition coefficient (Wildman–Crippen LogP) is 2.39. The fraction of sp³-hybridized carbons (Fsp3) is 0.692. The van der Waals surface area contributed by atoms with Gasteiger partial charge in [0.15, 0.2) is 0 Å². The van der Waals surface area contributed by atoms with Gasteiger partial charge in [-0.15, -0.1) is 0 Å². The SMILES string of the molecule is Cc1nc(C2CCCCS2)nc2c1CCNC2. The van der Waals surface area contributed by atoms with E-state index in [-0.39, 0.29) is 0 Å². The molecule has 3 heterocycles. The maximum Gasteiger partial charge on any atom is 0.141 e. The molecule has 0 spiro atoms. The Morgan fingerprint density at radius 1 is 1.29 bits per heavy atom. The lowest BCUT2D eigenvalue weighted by Gasteiger charge is -2.23. The van der Waals surface area contributed by atoms with Crippen molar-refractivity contribution >= 4 is 11.8 Å². The first-order valence-corrected chi connectivity index (χ1v) is 7.58. The Morgan fingerprint density at radius 2 is 2.24 bits per heavy atom. The van der Waals surface area contributed by atoms with Crippen LogP contribution >= 0.6 is 11.8 Å². The molecule has 2 aliphatic heterocycles. The zero-order valence-corrected chi connectivity index (χ0v) is 11.1. The second-order valence-corrected chi connectivity index (χ2v) is 6.19. The van der Waals surface area contributed by atoms with E-state index in [1.165, 1.54) is 42.0 Å². The Bertz CT molecular complexity index is 413. The zero-order chi connectivity index (χ0) is 11.7. The number of hydrogen-bond donors (Lipinski definition) is 1. The summed E-state index contributed by atoms with van der Waals surface area (Å²) in [4.78, 5) is 9.55. The quantitative estimate of drug-likeness (QED) is 0.829. The highest BCUT2D eigenvalue weighted by Gasteiger charge is 2.22. The van der Waals surface area contributed by atoms with E-state index in [1.54, 1.807) is 0 Å². The Balaban J connectivity index is 1.92. The molecule has 0 radical (unpaired) electrons. The third kappa shape index (κ3) is 2.33. The number of nitrogens with one attached hydrogen (secondary N) is 1. The molecular formula is C13H19N3S. The highest BCUT2D eigenvalue weighted by atomic mass is 32.2. The van der Waals surface area contributed by atoms with Gasteiger partial charge in [-0.1, -0.05) is 6.42 Å². The van der Waals surface area contributed by atoms with Crippen molar-refractivity contribution in [2.75, 3.05) is 12.3 Å². The number of thioether (sulfide) groups is 1. The van der Waals surface area contributed by atoms with Crippen LogP contribution < -0.4 is 5.32 Å². The minimum Gasteiger partial charge on any atom is -0.311 e. The van der Waals surface area contributed by atoms with Crippen LogP contribution in [0.15, 0.2) is 0 Å². The van der Waals surface area contributed by atoms with Gasteiger partial charge in [0.25, 0.3) is 0 Å². The summed E-state index contributed by atoms with van der Waals surface area (Å²) >= 11 is 2.03. The van der Waals surface area contributed by atoms with Gasteiger partial charge in [0.2, 0.25) is 0 Å². The number of rotatable bonds is 1. The number of hydrogen-bond acceptors (Lipinski definition) is 4.